The van der Waals surface area contributed by atoms with Crippen LogP contribution in [0.15, 0.2) is 58.7 Å². The lowest BCUT2D eigenvalue weighted by molar-refractivity contribution is -0.154. The predicted octanol–water partition coefficient (Wildman–Crippen LogP) is 5.38. The van der Waals surface area contributed by atoms with Crippen LogP contribution in [0.2, 0.25) is 0 Å². The highest BCUT2D eigenvalue weighted by molar-refractivity contribution is 6.38. The fourth-order valence-electron chi connectivity index (χ4n) is 5.87. The Bertz CT molecular complexity index is 1800. The van der Waals surface area contributed by atoms with Gasteiger partial charge in [0.1, 0.15) is 17.9 Å². The molecule has 2 atom stereocenters. The number of ketones is 2. The average molecular weight is 793 g/mol. The van der Waals surface area contributed by atoms with Crippen LogP contribution in [0.5, 0.6) is 0 Å². The summed E-state index contributed by atoms with van der Waals surface area (Å²) < 4.78 is 5.43. The second-order valence-corrected chi connectivity index (χ2v) is 15.1. The van der Waals surface area contributed by atoms with Gasteiger partial charge in [0.2, 0.25) is 17.5 Å². The van der Waals surface area contributed by atoms with Crippen molar-refractivity contribution >= 4 is 35.2 Å². The Morgan fingerprint density at radius 2 is 1.37 bits per heavy atom. The minimum absolute atomic E-state index is 0. The number of aryl methyl sites for hydroxylation is 3. The zero-order chi connectivity index (χ0) is 41.5. The van der Waals surface area contributed by atoms with Gasteiger partial charge < -0.3 is 30.4 Å². The molecule has 2 fully saturated rings. The zero-order valence-corrected chi connectivity index (χ0v) is 33.3. The number of pyridine rings is 2. The van der Waals surface area contributed by atoms with Crippen molar-refractivity contribution < 1.29 is 38.8 Å². The molecule has 0 bridgehead atoms. The number of nitrogens with two attached hydrogens (primary N) is 1. The van der Waals surface area contributed by atoms with E-state index in [0.717, 1.165) is 36.8 Å². The van der Waals surface area contributed by atoms with E-state index in [1.54, 1.807) is 37.3 Å². The van der Waals surface area contributed by atoms with Gasteiger partial charge in [-0.1, -0.05) is 71.4 Å². The maximum Gasteiger partial charge on any atom is 0.326 e. The smallest absolute Gasteiger partial charge is 0.326 e. The molecule has 16 heteroatoms. The van der Waals surface area contributed by atoms with Crippen LogP contribution < -0.4 is 5.73 Å². The lowest BCUT2D eigenvalue weighted by Crippen LogP contribution is -2.47. The molecular weight excluding hydrogens is 732 g/mol. The number of hydrogen-bond donors (Lipinski definition) is 3. The number of nitrogens with zero attached hydrogens (tertiary/aromatic N) is 7. The molecule has 3 aromatic rings. The zero-order valence-electron chi connectivity index (χ0n) is 33.3. The molecular formula is C41H60N8O8. The number of aromatic nitrogens is 4. The van der Waals surface area contributed by atoms with Crippen molar-refractivity contribution in [3.63, 3.8) is 0 Å². The molecule has 0 aliphatic carbocycles. The first-order valence-corrected chi connectivity index (χ1v) is 19.1. The van der Waals surface area contributed by atoms with Crippen molar-refractivity contribution in [2.45, 2.75) is 125 Å². The SMILES string of the molecule is C.CCC(C)(C)C(=O)C(=O)N1CCC[C@H]1C(=O)O.CCC(C)(C)C(=O)C(=O)N1CCC[C@H]1c1nc(CCc2cccnc2)no1.N/C(CCc1cccnc1)=N\O. The van der Waals surface area contributed by atoms with E-state index >= 15 is 0 Å². The highest BCUT2D eigenvalue weighted by atomic mass is 16.5. The summed E-state index contributed by atoms with van der Waals surface area (Å²) in [7, 11) is 0. The van der Waals surface area contributed by atoms with Crippen LogP contribution in [0.25, 0.3) is 0 Å². The van der Waals surface area contributed by atoms with Gasteiger partial charge >= 0.3 is 5.97 Å². The molecule has 312 valence electrons. The van der Waals surface area contributed by atoms with Crippen molar-refractivity contribution in [3.05, 3.63) is 71.9 Å². The van der Waals surface area contributed by atoms with Gasteiger partial charge in [-0.2, -0.15) is 4.98 Å². The molecule has 0 unspecified atom stereocenters. The second-order valence-electron chi connectivity index (χ2n) is 15.1. The Labute approximate surface area is 335 Å². The fourth-order valence-corrected chi connectivity index (χ4v) is 5.87. The van der Waals surface area contributed by atoms with E-state index in [4.69, 9.17) is 20.6 Å². The van der Waals surface area contributed by atoms with Crippen LogP contribution in [-0.4, -0.2) is 94.5 Å². The number of amidine groups is 1. The van der Waals surface area contributed by atoms with Gasteiger partial charge in [0.15, 0.2) is 5.82 Å². The molecule has 5 heterocycles. The number of hydrogen-bond acceptors (Lipinski definition) is 12. The molecule has 0 saturated carbocycles. The van der Waals surface area contributed by atoms with Gasteiger partial charge in [0, 0.05) is 61.5 Å². The van der Waals surface area contributed by atoms with Gasteiger partial charge in [0.25, 0.3) is 11.8 Å². The number of Topliss-reactive ketones (excluding diaryl/α,β-unsaturated/α-hetero) is 2. The third-order valence-electron chi connectivity index (χ3n) is 10.3. The normalized spacial score (nSPS) is 16.7. The summed E-state index contributed by atoms with van der Waals surface area (Å²) in [6.45, 7) is 11.7. The summed E-state index contributed by atoms with van der Waals surface area (Å²) >= 11 is 0. The van der Waals surface area contributed by atoms with E-state index < -0.39 is 40.4 Å². The number of amides is 2. The second kappa shape index (κ2) is 22.3. The summed E-state index contributed by atoms with van der Waals surface area (Å²) in [5.41, 5.74) is 6.11. The number of carboxylic acids is 1. The number of rotatable bonds is 14. The van der Waals surface area contributed by atoms with Crippen LogP contribution in [-0.2, 0) is 43.2 Å². The van der Waals surface area contributed by atoms with Gasteiger partial charge in [-0.15, -0.1) is 0 Å². The monoisotopic (exact) mass is 792 g/mol. The first kappa shape index (κ1) is 47.6. The highest BCUT2D eigenvalue weighted by Gasteiger charge is 2.42. The van der Waals surface area contributed by atoms with Crippen LogP contribution in [0.3, 0.4) is 0 Å². The fraction of sp³-hybridized carbons (Fsp3) is 0.561. The topological polar surface area (TPSA) is 235 Å². The van der Waals surface area contributed by atoms with Crippen molar-refractivity contribution in [2.24, 2.45) is 21.7 Å². The van der Waals surface area contributed by atoms with E-state index in [9.17, 15) is 24.0 Å². The third kappa shape index (κ3) is 13.6. The molecule has 5 rings (SSSR count). The van der Waals surface area contributed by atoms with Crippen LogP contribution >= 0.6 is 0 Å². The van der Waals surface area contributed by atoms with Crippen LogP contribution in [0, 0.1) is 10.8 Å². The van der Waals surface area contributed by atoms with E-state index in [-0.39, 0.29) is 25.1 Å². The minimum atomic E-state index is -1.03. The minimum Gasteiger partial charge on any atom is -0.480 e. The lowest BCUT2D eigenvalue weighted by atomic mass is 9.84. The Balaban J connectivity index is 0.000000321. The quantitative estimate of drug-likeness (QED) is 0.0612. The predicted molar refractivity (Wildman–Crippen MR) is 213 cm³/mol. The molecule has 4 N–H and O–H groups in total. The molecule has 0 spiro atoms. The molecule has 2 aliphatic rings. The average Bonchev–Trinajstić information content (AvgIpc) is 4.01. The van der Waals surface area contributed by atoms with E-state index in [0.29, 0.717) is 63.3 Å². The van der Waals surface area contributed by atoms with Gasteiger partial charge in [-0.05, 0) is 74.6 Å². The summed E-state index contributed by atoms with van der Waals surface area (Å²) in [6, 6.07) is 6.58. The molecule has 2 aliphatic heterocycles. The number of carbonyl (C=O) groups is 5. The van der Waals surface area contributed by atoms with E-state index in [1.807, 2.05) is 58.2 Å². The van der Waals surface area contributed by atoms with Crippen molar-refractivity contribution in [1.29, 1.82) is 0 Å². The van der Waals surface area contributed by atoms with E-state index in [1.165, 1.54) is 4.90 Å². The third-order valence-corrected chi connectivity index (χ3v) is 10.3. The van der Waals surface area contributed by atoms with Crippen molar-refractivity contribution in [3.8, 4) is 0 Å². The van der Waals surface area contributed by atoms with E-state index in [2.05, 4.69) is 25.3 Å². The van der Waals surface area contributed by atoms with Crippen molar-refractivity contribution in [1.82, 2.24) is 29.9 Å². The summed E-state index contributed by atoms with van der Waals surface area (Å²) in [6.07, 6.45) is 13.6. The summed E-state index contributed by atoms with van der Waals surface area (Å²) in [5.74, 6) is -1.70. The van der Waals surface area contributed by atoms with Gasteiger partial charge in [-0.25, -0.2) is 4.79 Å². The number of carbonyl (C=O) groups excluding carboxylic acids is 4. The van der Waals surface area contributed by atoms with Gasteiger partial charge in [0.05, 0.1) is 0 Å². The highest BCUT2D eigenvalue weighted by Crippen LogP contribution is 2.33. The standard InChI is InChI=1S/C20H26N4O3.C12H19NO4.C8H11N3O.CH4/c1-4-20(2,3)17(25)19(26)24-12-6-8-15(24)18-22-16(23-27-18)10-9-14-7-5-11-21-13-14;1-4-12(2,3)9(14)10(15)13-7-5-6-8(13)11(16)17;9-8(11-12)4-3-7-2-1-5-10-6-7;/h5,7,11,13,15H,4,6,8-10,12H2,1-3H3;8H,4-7H2,1-3H3,(H,16,17);1-2,5-6,12H,3-4H2,(H2,9,11);1H4/t15-;8-;;/m00../s1. The molecule has 2 amide bonds. The maximum atomic E-state index is 12.7. The summed E-state index contributed by atoms with van der Waals surface area (Å²) in [5, 5.41) is 24.2. The molecule has 0 aromatic carbocycles. The maximum absolute atomic E-state index is 12.7. The Morgan fingerprint density at radius 1 is 0.842 bits per heavy atom. The Kier molecular flexibility index (Phi) is 18.6. The summed E-state index contributed by atoms with van der Waals surface area (Å²) in [4.78, 5) is 75.5. The first-order chi connectivity index (χ1) is 26.6. The molecule has 0 radical (unpaired) electrons. The number of aliphatic carboxylic acids is 1. The number of likely N-dealkylation sites (tertiary alicyclic amines) is 2. The molecule has 16 nitrogen and oxygen atoms in total. The first-order valence-electron chi connectivity index (χ1n) is 19.1. The van der Waals surface area contributed by atoms with Crippen molar-refractivity contribution in [2.75, 3.05) is 13.1 Å². The Morgan fingerprint density at radius 3 is 1.88 bits per heavy atom. The molecule has 2 saturated heterocycles. The largest absolute Gasteiger partial charge is 0.480 e. The molecule has 57 heavy (non-hydrogen) atoms. The Hall–Kier alpha value is -5.54. The molecule has 3 aromatic heterocycles. The van der Waals surface area contributed by atoms with Gasteiger partial charge in [-0.3, -0.25) is 29.1 Å². The van der Waals surface area contributed by atoms with Crippen LogP contribution in [0.1, 0.15) is 123 Å². The number of oxime groups is 1. The van der Waals surface area contributed by atoms with Crippen LogP contribution in [0.4, 0.5) is 0 Å². The lowest BCUT2D eigenvalue weighted by Gasteiger charge is -2.26. The number of carboxylic acid groups (broad SMARTS) is 1.